The minimum atomic E-state index is -1.55. The number of aliphatic hydroxyl groups excluding tert-OH is 1. The Morgan fingerprint density at radius 2 is 1.79 bits per heavy atom. The number of thioether (sulfide) groups is 1. The first kappa shape index (κ1) is 29.3. The molecule has 5 N–H and O–H groups in total. The van der Waals surface area contributed by atoms with Gasteiger partial charge in [-0.1, -0.05) is 30.3 Å². The van der Waals surface area contributed by atoms with Crippen molar-refractivity contribution in [3.63, 3.8) is 0 Å². The number of aliphatic hydroxyl groups is 1. The molecule has 3 atom stereocenters. The number of nitrogen functional groups attached to an aromatic ring is 1. The van der Waals surface area contributed by atoms with Crippen LogP contribution in [0.25, 0.3) is 0 Å². The van der Waals surface area contributed by atoms with Crippen molar-refractivity contribution in [3.05, 3.63) is 59.2 Å². The third-order valence-electron chi connectivity index (χ3n) is 6.08. The largest absolute Gasteiger partial charge is 0.483 e. The number of nitrogens with two attached hydrogens (primary N) is 1. The fourth-order valence-electron chi connectivity index (χ4n) is 4.38. The first-order valence-electron chi connectivity index (χ1n) is 12.6. The minimum absolute atomic E-state index is 0.221. The number of amides is 3. The average Bonchev–Trinajstić information content (AvgIpc) is 3.32. The summed E-state index contributed by atoms with van der Waals surface area (Å²) in [5.74, 6) is -0.0722. The molecule has 38 heavy (non-hydrogen) atoms. The molecule has 9 nitrogen and oxygen atoms in total. The summed E-state index contributed by atoms with van der Waals surface area (Å²) in [5.41, 5.74) is 8.47. The van der Waals surface area contributed by atoms with Gasteiger partial charge in [-0.25, -0.2) is 0 Å². The van der Waals surface area contributed by atoms with Gasteiger partial charge in [0.25, 0.3) is 11.8 Å². The van der Waals surface area contributed by atoms with E-state index in [-0.39, 0.29) is 24.8 Å². The van der Waals surface area contributed by atoms with Crippen LogP contribution in [0.2, 0.25) is 0 Å². The van der Waals surface area contributed by atoms with Crippen molar-refractivity contribution in [1.82, 2.24) is 15.5 Å². The Labute approximate surface area is 228 Å². The number of carbonyl (C=O) groups excluding carboxylic acids is 3. The second-order valence-corrected chi connectivity index (χ2v) is 11.6. The zero-order chi connectivity index (χ0) is 28.0. The molecule has 206 valence electrons. The highest BCUT2D eigenvalue weighted by atomic mass is 32.2. The van der Waals surface area contributed by atoms with Gasteiger partial charge >= 0.3 is 0 Å². The molecule has 0 aromatic heterocycles. The van der Waals surface area contributed by atoms with Gasteiger partial charge in [0.05, 0.1) is 11.9 Å². The van der Waals surface area contributed by atoms with Crippen molar-refractivity contribution >= 4 is 35.2 Å². The zero-order valence-corrected chi connectivity index (χ0v) is 23.4. The lowest BCUT2D eigenvalue weighted by Gasteiger charge is -2.31. The first-order chi connectivity index (χ1) is 17.9. The lowest BCUT2D eigenvalue weighted by atomic mass is 9.99. The maximum Gasteiger partial charge on any atom is 0.258 e. The van der Waals surface area contributed by atoms with Crippen LogP contribution in [0.4, 0.5) is 5.69 Å². The van der Waals surface area contributed by atoms with E-state index in [0.29, 0.717) is 17.2 Å². The third kappa shape index (κ3) is 7.88. The number of anilines is 1. The Balaban J connectivity index is 1.74. The molecule has 0 aliphatic carbocycles. The first-order valence-corrected chi connectivity index (χ1v) is 13.7. The number of carbonyl (C=O) groups is 3. The predicted molar refractivity (Wildman–Crippen MR) is 150 cm³/mol. The number of ether oxygens (including phenoxy) is 1. The van der Waals surface area contributed by atoms with Gasteiger partial charge in [0.1, 0.15) is 11.8 Å². The highest BCUT2D eigenvalue weighted by Gasteiger charge is 2.40. The van der Waals surface area contributed by atoms with Crippen LogP contribution in [-0.2, 0) is 20.8 Å². The van der Waals surface area contributed by atoms with Gasteiger partial charge in [0, 0.05) is 17.0 Å². The van der Waals surface area contributed by atoms with Crippen molar-refractivity contribution in [2.75, 3.05) is 24.0 Å². The van der Waals surface area contributed by atoms with E-state index in [0.717, 1.165) is 16.7 Å². The van der Waals surface area contributed by atoms with Gasteiger partial charge in [-0.3, -0.25) is 14.4 Å². The summed E-state index contributed by atoms with van der Waals surface area (Å²) in [6, 6.07) is 11.2. The van der Waals surface area contributed by atoms with Gasteiger partial charge in [-0.2, -0.15) is 0 Å². The second-order valence-electron chi connectivity index (χ2n) is 10.6. The van der Waals surface area contributed by atoms with E-state index in [1.807, 2.05) is 65.0 Å². The van der Waals surface area contributed by atoms with E-state index >= 15 is 0 Å². The quantitative estimate of drug-likeness (QED) is 0.357. The Morgan fingerprint density at radius 1 is 1.16 bits per heavy atom. The Hall–Kier alpha value is -3.24. The number of benzene rings is 2. The maximum atomic E-state index is 13.4. The number of nitrogens with zero attached hydrogens (tertiary/aromatic N) is 1. The lowest BCUT2D eigenvalue weighted by molar-refractivity contribution is -0.147. The number of hydrogen-bond acceptors (Lipinski definition) is 7. The van der Waals surface area contributed by atoms with Gasteiger partial charge in [-0.05, 0) is 69.9 Å². The van der Waals surface area contributed by atoms with E-state index in [1.54, 1.807) is 12.1 Å². The highest BCUT2D eigenvalue weighted by molar-refractivity contribution is 7.99. The predicted octanol–water partition coefficient (Wildman–Crippen LogP) is 2.17. The van der Waals surface area contributed by atoms with E-state index < -0.39 is 35.5 Å². The van der Waals surface area contributed by atoms with Crippen LogP contribution in [0.3, 0.4) is 0 Å². The Bertz CT molecular complexity index is 1130. The summed E-state index contributed by atoms with van der Waals surface area (Å²) in [5, 5.41) is 16.9. The van der Waals surface area contributed by atoms with Gasteiger partial charge in [0.15, 0.2) is 12.7 Å². The fourth-order valence-corrected chi connectivity index (χ4v) is 5.54. The van der Waals surface area contributed by atoms with E-state index in [2.05, 4.69) is 10.6 Å². The van der Waals surface area contributed by atoms with Crippen LogP contribution in [0, 0.1) is 13.8 Å². The molecule has 0 bridgehead atoms. The molecule has 10 heteroatoms. The third-order valence-corrected chi connectivity index (χ3v) is 7.09. The topological polar surface area (TPSA) is 134 Å². The monoisotopic (exact) mass is 542 g/mol. The molecule has 1 saturated heterocycles. The number of aryl methyl sites for hydroxylation is 2. The molecule has 2 aromatic carbocycles. The normalized spacial score (nSPS) is 17.0. The smallest absolute Gasteiger partial charge is 0.258 e. The molecule has 0 saturated carbocycles. The van der Waals surface area contributed by atoms with Crippen LogP contribution in [0.1, 0.15) is 37.5 Å². The van der Waals surface area contributed by atoms with Crippen LogP contribution < -0.4 is 21.1 Å². The van der Waals surface area contributed by atoms with Crippen molar-refractivity contribution in [3.8, 4) is 5.75 Å². The second kappa shape index (κ2) is 12.5. The molecule has 1 aliphatic heterocycles. The molecule has 2 aromatic rings. The molecule has 1 heterocycles. The van der Waals surface area contributed by atoms with Gasteiger partial charge < -0.3 is 31.1 Å². The fraction of sp³-hybridized carbons (Fsp3) is 0.464. The van der Waals surface area contributed by atoms with Crippen molar-refractivity contribution in [2.24, 2.45) is 0 Å². The number of hydrogen-bond donors (Lipinski definition) is 4. The van der Waals surface area contributed by atoms with Crippen LogP contribution in [0.5, 0.6) is 5.75 Å². The van der Waals surface area contributed by atoms with Crippen molar-refractivity contribution < 1.29 is 24.2 Å². The summed E-state index contributed by atoms with van der Waals surface area (Å²) >= 11 is 1.45. The van der Waals surface area contributed by atoms with E-state index in [1.165, 1.54) is 16.7 Å². The molecule has 0 spiro atoms. The van der Waals surface area contributed by atoms with E-state index in [4.69, 9.17) is 10.5 Å². The summed E-state index contributed by atoms with van der Waals surface area (Å²) in [6.45, 7) is 9.00. The molecule has 3 rings (SSSR count). The molecule has 0 radical (unpaired) electrons. The average molecular weight is 543 g/mol. The summed E-state index contributed by atoms with van der Waals surface area (Å²) in [4.78, 5) is 40.6. The number of rotatable bonds is 9. The molecular formula is C28H38N4O5S. The summed E-state index contributed by atoms with van der Waals surface area (Å²) in [6.07, 6.45) is -1.33. The molecule has 1 aliphatic rings. The SMILES string of the molecule is Cc1cc(N)cc(C)c1OCC(=O)N[C@@H](Cc1ccccc1)[C@H](O)C(=O)N1CSC[C@H]1C(=O)NC(C)(C)C. The zero-order valence-electron chi connectivity index (χ0n) is 22.6. The lowest BCUT2D eigenvalue weighted by Crippen LogP contribution is -2.58. The Morgan fingerprint density at radius 3 is 2.39 bits per heavy atom. The van der Waals surface area contributed by atoms with Crippen LogP contribution in [0.15, 0.2) is 42.5 Å². The van der Waals surface area contributed by atoms with Crippen LogP contribution in [-0.4, -0.2) is 69.7 Å². The van der Waals surface area contributed by atoms with Crippen molar-refractivity contribution in [1.29, 1.82) is 0 Å². The van der Waals surface area contributed by atoms with Crippen LogP contribution >= 0.6 is 11.8 Å². The maximum absolute atomic E-state index is 13.4. The molecule has 1 fully saturated rings. The van der Waals surface area contributed by atoms with Gasteiger partial charge in [-0.15, -0.1) is 11.8 Å². The molecule has 0 unspecified atom stereocenters. The summed E-state index contributed by atoms with van der Waals surface area (Å²) < 4.78 is 5.77. The summed E-state index contributed by atoms with van der Waals surface area (Å²) in [7, 11) is 0. The van der Waals surface area contributed by atoms with E-state index in [9.17, 15) is 19.5 Å². The minimum Gasteiger partial charge on any atom is -0.483 e. The molecular weight excluding hydrogens is 504 g/mol. The highest BCUT2D eigenvalue weighted by Crippen LogP contribution is 2.26. The van der Waals surface area contributed by atoms with Gasteiger partial charge in [0.2, 0.25) is 5.91 Å². The van der Waals surface area contributed by atoms with Crippen molar-refractivity contribution in [2.45, 2.75) is 64.8 Å². The standard InChI is InChI=1S/C28H38N4O5S/c1-17-11-20(29)12-18(2)25(17)37-14-23(33)30-21(13-19-9-7-6-8-10-19)24(34)27(36)32-16-38-15-22(32)26(35)31-28(3,4)5/h6-12,21-22,24,34H,13-16,29H2,1-5H3,(H,30,33)(H,31,35)/t21-,22-,24-/m0/s1. The number of nitrogens with one attached hydrogen (secondary N) is 2. The Kier molecular flexibility index (Phi) is 9.67. The molecule has 3 amide bonds.